The van der Waals surface area contributed by atoms with E-state index >= 15 is 0 Å². The third-order valence-corrected chi connectivity index (χ3v) is 3.26. The van der Waals surface area contributed by atoms with Gasteiger partial charge in [-0.25, -0.2) is 4.79 Å². The summed E-state index contributed by atoms with van der Waals surface area (Å²) in [5.41, 5.74) is 16.6. The van der Waals surface area contributed by atoms with Crippen LogP contribution in [0.25, 0.3) is 0 Å². The Balaban J connectivity index is 0. The van der Waals surface area contributed by atoms with E-state index in [0.717, 1.165) is 5.56 Å². The van der Waals surface area contributed by atoms with Gasteiger partial charge >= 0.3 is 6.09 Å². The van der Waals surface area contributed by atoms with Crippen LogP contribution < -0.4 is 22.5 Å². The number of nitrogens with one attached hydrogen (secondary N) is 1. The Bertz CT molecular complexity index is 474. The third kappa shape index (κ3) is 24.4. The van der Waals surface area contributed by atoms with Gasteiger partial charge in [-0.05, 0) is 5.56 Å². The molecule has 31 heavy (non-hydrogen) atoms. The summed E-state index contributed by atoms with van der Waals surface area (Å²) in [7, 11) is 0. The highest BCUT2D eigenvalue weighted by Crippen LogP contribution is 2.00. The van der Waals surface area contributed by atoms with Crippen molar-refractivity contribution in [1.29, 1.82) is 0 Å². The Hall–Kier alpha value is -1.79. The van der Waals surface area contributed by atoms with Crippen LogP contribution in [0.15, 0.2) is 30.3 Å². The molecule has 1 aromatic carbocycles. The number of rotatable bonds is 17. The first-order valence-electron chi connectivity index (χ1n) is 10.1. The molecule has 0 radical (unpaired) electrons. The Morgan fingerprint density at radius 1 is 0.710 bits per heavy atom. The fraction of sp³-hybridized carbons (Fsp3) is 0.667. The molecule has 1 rings (SSSR count). The zero-order chi connectivity index (χ0) is 22.1. The number of nitrogens with two attached hydrogens (primary N) is 3. The second-order valence-corrected chi connectivity index (χ2v) is 5.80. The predicted molar refractivity (Wildman–Crippen MR) is 122 cm³/mol. The van der Waals surface area contributed by atoms with Crippen LogP contribution in [0, 0.1) is 0 Å². The van der Waals surface area contributed by atoms with Gasteiger partial charge in [0.1, 0.15) is 6.61 Å². The van der Waals surface area contributed by atoms with Gasteiger partial charge in [-0.2, -0.15) is 0 Å². The highest BCUT2D eigenvalue weighted by atomic mass is 16.6. The smallest absolute Gasteiger partial charge is 0.407 e. The molecular formula is C21H42N4O6. The molecule has 0 aliphatic carbocycles. The lowest BCUT2D eigenvalue weighted by molar-refractivity contribution is 0.0511. The monoisotopic (exact) mass is 446 g/mol. The number of carbonyl (C=O) groups is 1. The Kier molecular flexibility index (Phi) is 26.6. The van der Waals surface area contributed by atoms with E-state index in [9.17, 15) is 4.79 Å². The third-order valence-electron chi connectivity index (χ3n) is 3.26. The number of benzene rings is 1. The molecule has 0 bridgehead atoms. The maximum atomic E-state index is 11.4. The lowest BCUT2D eigenvalue weighted by Gasteiger charge is -2.08. The van der Waals surface area contributed by atoms with Gasteiger partial charge in [0.2, 0.25) is 0 Å². The van der Waals surface area contributed by atoms with Crippen LogP contribution in [-0.2, 0) is 30.3 Å². The molecule has 0 fully saturated rings. The average molecular weight is 447 g/mol. The molecule has 1 aromatic rings. The van der Waals surface area contributed by atoms with Crippen molar-refractivity contribution in [2.45, 2.75) is 14.0 Å². The van der Waals surface area contributed by atoms with Crippen molar-refractivity contribution in [2.24, 2.45) is 17.2 Å². The second kappa shape index (κ2) is 26.2. The number of ether oxygens (including phenoxy) is 5. The van der Waals surface area contributed by atoms with E-state index in [2.05, 4.69) is 5.32 Å². The molecule has 0 aliphatic rings. The van der Waals surface area contributed by atoms with Crippen LogP contribution in [-0.4, -0.2) is 85.1 Å². The fourth-order valence-electron chi connectivity index (χ4n) is 1.89. The normalized spacial score (nSPS) is 9.90. The molecule has 0 saturated carbocycles. The molecule has 10 heteroatoms. The van der Waals surface area contributed by atoms with E-state index in [1.807, 2.05) is 30.3 Å². The minimum absolute atomic E-state index is 0. The zero-order valence-corrected chi connectivity index (χ0v) is 17.8. The zero-order valence-electron chi connectivity index (χ0n) is 17.8. The number of alkyl carbamates (subject to hydrolysis) is 1. The van der Waals surface area contributed by atoms with Crippen molar-refractivity contribution in [1.82, 2.24) is 5.32 Å². The van der Waals surface area contributed by atoms with Crippen molar-refractivity contribution in [2.75, 3.05) is 79.0 Å². The van der Waals surface area contributed by atoms with Crippen LogP contribution in [0.2, 0.25) is 0 Å². The molecule has 0 heterocycles. The average Bonchev–Trinajstić information content (AvgIpc) is 2.78. The maximum Gasteiger partial charge on any atom is 0.407 e. The summed E-state index contributed by atoms with van der Waals surface area (Å²) in [6.45, 7) is 6.69. The molecule has 0 aromatic heterocycles. The van der Waals surface area contributed by atoms with E-state index in [1.165, 1.54) is 0 Å². The summed E-state index contributed by atoms with van der Waals surface area (Å²) in [5, 5.41) is 2.61. The second-order valence-electron chi connectivity index (χ2n) is 5.80. The van der Waals surface area contributed by atoms with E-state index in [-0.39, 0.29) is 14.0 Å². The van der Waals surface area contributed by atoms with Crippen LogP contribution in [0.4, 0.5) is 4.79 Å². The Morgan fingerprint density at radius 3 is 1.61 bits per heavy atom. The highest BCUT2D eigenvalue weighted by molar-refractivity contribution is 5.67. The maximum absolute atomic E-state index is 11.4. The lowest BCUT2D eigenvalue weighted by atomic mass is 10.2. The summed E-state index contributed by atoms with van der Waals surface area (Å²) in [5.74, 6) is 0. The van der Waals surface area contributed by atoms with Crippen molar-refractivity contribution < 1.29 is 28.5 Å². The number of hydrogen-bond donors (Lipinski definition) is 4. The van der Waals surface area contributed by atoms with Crippen molar-refractivity contribution in [3.8, 4) is 0 Å². The molecule has 7 N–H and O–H groups in total. The van der Waals surface area contributed by atoms with Crippen molar-refractivity contribution in [3.63, 3.8) is 0 Å². The summed E-state index contributed by atoms with van der Waals surface area (Å²) < 4.78 is 25.5. The van der Waals surface area contributed by atoms with Crippen LogP contribution in [0.5, 0.6) is 0 Å². The summed E-state index contributed by atoms with van der Waals surface area (Å²) in [6, 6.07) is 9.52. The highest BCUT2D eigenvalue weighted by Gasteiger charge is 2.01. The first kappa shape index (κ1) is 31.4. The minimum atomic E-state index is -0.447. The molecule has 10 nitrogen and oxygen atoms in total. The number of carbonyl (C=O) groups excluding carboxylic acids is 1. The van der Waals surface area contributed by atoms with Gasteiger partial charge in [-0.15, -0.1) is 0 Å². The largest absolute Gasteiger partial charge is 0.445 e. The van der Waals surface area contributed by atoms with Crippen LogP contribution in [0.3, 0.4) is 0 Å². The first-order valence-corrected chi connectivity index (χ1v) is 10.1. The fourth-order valence-corrected chi connectivity index (χ4v) is 1.89. The summed E-state index contributed by atoms with van der Waals surface area (Å²) in [4.78, 5) is 11.4. The van der Waals surface area contributed by atoms with Gasteiger partial charge in [0.25, 0.3) is 0 Å². The number of hydrogen-bond acceptors (Lipinski definition) is 9. The molecule has 1 amide bonds. The van der Waals surface area contributed by atoms with E-state index in [4.69, 9.17) is 40.9 Å². The van der Waals surface area contributed by atoms with Gasteiger partial charge in [-0.1, -0.05) is 37.8 Å². The van der Waals surface area contributed by atoms with Crippen LogP contribution >= 0.6 is 0 Å². The summed E-state index contributed by atoms with van der Waals surface area (Å²) >= 11 is 0. The van der Waals surface area contributed by atoms with Gasteiger partial charge in [0.05, 0.1) is 52.9 Å². The Morgan fingerprint density at radius 2 is 1.16 bits per heavy atom. The summed E-state index contributed by atoms with van der Waals surface area (Å²) in [6.07, 6.45) is -0.447. The van der Waals surface area contributed by atoms with Gasteiger partial charge in [0.15, 0.2) is 0 Å². The SMILES string of the molecule is C.NCCOCCOCCN.NCCOCCOCCNC(=O)OCc1ccccc1. The molecule has 0 unspecified atom stereocenters. The molecular weight excluding hydrogens is 404 g/mol. The minimum Gasteiger partial charge on any atom is -0.445 e. The molecule has 0 saturated heterocycles. The topological polar surface area (TPSA) is 153 Å². The van der Waals surface area contributed by atoms with Crippen molar-refractivity contribution >= 4 is 6.09 Å². The number of amides is 1. The van der Waals surface area contributed by atoms with Gasteiger partial charge < -0.3 is 46.2 Å². The Labute approximate surface area is 186 Å². The first-order chi connectivity index (χ1) is 14.7. The van der Waals surface area contributed by atoms with E-state index in [0.29, 0.717) is 79.0 Å². The molecule has 182 valence electrons. The molecule has 0 aliphatic heterocycles. The standard InChI is InChI=1S/C14H22N2O4.C6H16N2O2.CH4/c15-6-8-18-10-11-19-9-7-16-14(17)20-12-13-4-2-1-3-5-13;7-1-3-9-5-6-10-4-2-8;/h1-5H,6-12,15H2,(H,16,17);1-8H2;1H4. The molecule has 0 atom stereocenters. The lowest BCUT2D eigenvalue weighted by Crippen LogP contribution is -2.28. The molecule has 0 spiro atoms. The quantitative estimate of drug-likeness (QED) is 0.250. The van der Waals surface area contributed by atoms with Crippen molar-refractivity contribution in [3.05, 3.63) is 35.9 Å². The van der Waals surface area contributed by atoms with Crippen LogP contribution in [0.1, 0.15) is 13.0 Å². The predicted octanol–water partition coefficient (Wildman–Crippen LogP) is 0.478. The van der Waals surface area contributed by atoms with E-state index in [1.54, 1.807) is 0 Å². The van der Waals surface area contributed by atoms with Gasteiger partial charge in [0, 0.05) is 26.2 Å². The van der Waals surface area contributed by atoms with Gasteiger partial charge in [-0.3, -0.25) is 0 Å². The van der Waals surface area contributed by atoms with E-state index < -0.39 is 6.09 Å².